The number of halogens is 1. The molecule has 3 aromatic rings. The van der Waals surface area contributed by atoms with Crippen molar-refractivity contribution in [1.82, 2.24) is 14.9 Å². The molecular weight excluding hydrogens is 358 g/mol. The van der Waals surface area contributed by atoms with Crippen LogP contribution in [0.1, 0.15) is 46.2 Å². The largest absolute Gasteiger partial charge is 0.330 e. The summed E-state index contributed by atoms with van der Waals surface area (Å²) in [5, 5.41) is 0.750. The predicted molar refractivity (Wildman–Crippen MR) is 106 cm³/mol. The first-order valence-electron chi connectivity index (χ1n) is 9.12. The number of benzene rings is 1. The minimum Gasteiger partial charge on any atom is -0.330 e. The van der Waals surface area contributed by atoms with Crippen molar-refractivity contribution < 1.29 is 4.79 Å². The average Bonchev–Trinajstić information content (AvgIpc) is 3.20. The lowest BCUT2D eigenvalue weighted by atomic mass is 10.1. The van der Waals surface area contributed by atoms with Crippen LogP contribution in [0.3, 0.4) is 0 Å². The molecular formula is C22H20ClN3O. The van der Waals surface area contributed by atoms with E-state index < -0.39 is 0 Å². The molecule has 2 aromatic heterocycles. The lowest BCUT2D eigenvalue weighted by molar-refractivity contribution is 0.0732. The predicted octanol–water partition coefficient (Wildman–Crippen LogP) is 4.70. The fraction of sp³-hybridized carbons (Fsp3) is 0.227. The average molecular weight is 378 g/mol. The van der Waals surface area contributed by atoms with Crippen molar-refractivity contribution >= 4 is 17.5 Å². The molecule has 0 radical (unpaired) electrons. The molecule has 0 saturated carbocycles. The first kappa shape index (κ1) is 17.7. The second-order valence-electron chi connectivity index (χ2n) is 6.71. The third-order valence-corrected chi connectivity index (χ3v) is 5.31. The molecule has 1 atom stereocenters. The van der Waals surface area contributed by atoms with Crippen LogP contribution in [-0.4, -0.2) is 27.3 Å². The number of carbonyl (C=O) groups is 1. The third-order valence-electron chi connectivity index (χ3n) is 4.94. The number of nitrogens with zero attached hydrogens (tertiary/aromatic N) is 3. The van der Waals surface area contributed by atoms with Gasteiger partial charge in [0.25, 0.3) is 5.91 Å². The Morgan fingerprint density at radius 1 is 1.07 bits per heavy atom. The smallest absolute Gasteiger partial charge is 0.254 e. The lowest BCUT2D eigenvalue weighted by Crippen LogP contribution is -2.31. The molecule has 5 heteroatoms. The highest BCUT2D eigenvalue weighted by atomic mass is 35.5. The van der Waals surface area contributed by atoms with Crippen LogP contribution in [0.5, 0.6) is 0 Å². The van der Waals surface area contributed by atoms with Gasteiger partial charge in [-0.1, -0.05) is 35.9 Å². The Kier molecular flexibility index (Phi) is 5.16. The lowest BCUT2D eigenvalue weighted by Gasteiger charge is -2.24. The number of hydrogen-bond donors (Lipinski definition) is 0. The Morgan fingerprint density at radius 2 is 1.89 bits per heavy atom. The van der Waals surface area contributed by atoms with Crippen molar-refractivity contribution in [3.8, 4) is 0 Å². The summed E-state index contributed by atoms with van der Waals surface area (Å²) in [6, 6.07) is 17.4. The van der Waals surface area contributed by atoms with E-state index >= 15 is 0 Å². The summed E-state index contributed by atoms with van der Waals surface area (Å²) in [6.07, 6.45) is 5.90. The quantitative estimate of drug-likeness (QED) is 0.662. The maximum Gasteiger partial charge on any atom is 0.254 e. The molecule has 1 saturated heterocycles. The maximum atomic E-state index is 12.9. The molecule has 1 amide bonds. The zero-order valence-corrected chi connectivity index (χ0v) is 15.6. The Balaban J connectivity index is 1.57. The first-order valence-corrected chi connectivity index (χ1v) is 9.50. The van der Waals surface area contributed by atoms with Crippen molar-refractivity contribution in [3.63, 3.8) is 0 Å². The van der Waals surface area contributed by atoms with Gasteiger partial charge in [0.15, 0.2) is 0 Å². The summed E-state index contributed by atoms with van der Waals surface area (Å²) in [4.78, 5) is 23.7. The Bertz CT molecular complexity index is 945. The van der Waals surface area contributed by atoms with E-state index in [0.717, 1.165) is 41.4 Å². The van der Waals surface area contributed by atoms with Gasteiger partial charge in [0.1, 0.15) is 0 Å². The summed E-state index contributed by atoms with van der Waals surface area (Å²) < 4.78 is 0. The Hall–Kier alpha value is -2.72. The van der Waals surface area contributed by atoms with E-state index in [0.29, 0.717) is 12.0 Å². The standard InChI is InChI=1S/C22H20ClN3O/c23-19-7-2-1-5-17(19)15-18-6-3-8-20(25-18)21-9-4-14-26(21)22(27)16-10-12-24-13-11-16/h1-3,5-8,10-13,21H,4,9,14-15H2/t21-/m0/s1. The molecule has 4 nitrogen and oxygen atoms in total. The van der Waals surface area contributed by atoms with Gasteiger partial charge in [-0.25, -0.2) is 0 Å². The highest BCUT2D eigenvalue weighted by Crippen LogP contribution is 2.32. The van der Waals surface area contributed by atoms with Gasteiger partial charge in [0, 0.05) is 41.6 Å². The maximum absolute atomic E-state index is 12.9. The topological polar surface area (TPSA) is 46.1 Å². The van der Waals surface area contributed by atoms with E-state index in [1.165, 1.54) is 0 Å². The van der Waals surface area contributed by atoms with Gasteiger partial charge >= 0.3 is 0 Å². The molecule has 0 N–H and O–H groups in total. The SMILES string of the molecule is O=C(c1ccncc1)N1CCC[C@H]1c1cccc(Cc2ccccc2Cl)n1. The molecule has 136 valence electrons. The van der Waals surface area contributed by atoms with Crippen LogP contribution < -0.4 is 0 Å². The van der Waals surface area contributed by atoms with Crippen LogP contribution in [0, 0.1) is 0 Å². The molecule has 3 heterocycles. The number of likely N-dealkylation sites (tertiary alicyclic amines) is 1. The van der Waals surface area contributed by atoms with Crippen molar-refractivity contribution in [2.24, 2.45) is 0 Å². The van der Waals surface area contributed by atoms with Gasteiger partial charge in [-0.3, -0.25) is 14.8 Å². The minimum atomic E-state index is 0.0110. The fourth-order valence-corrected chi connectivity index (χ4v) is 3.80. The van der Waals surface area contributed by atoms with Crippen molar-refractivity contribution in [3.05, 3.63) is 94.5 Å². The first-order chi connectivity index (χ1) is 13.2. The van der Waals surface area contributed by atoms with E-state index in [1.807, 2.05) is 47.4 Å². The van der Waals surface area contributed by atoms with Crippen LogP contribution in [0.25, 0.3) is 0 Å². The number of pyridine rings is 2. The number of aromatic nitrogens is 2. The number of rotatable bonds is 4. The number of hydrogen-bond acceptors (Lipinski definition) is 3. The molecule has 0 unspecified atom stereocenters. The van der Waals surface area contributed by atoms with E-state index in [9.17, 15) is 4.79 Å². The van der Waals surface area contributed by atoms with Gasteiger partial charge in [0.05, 0.1) is 11.7 Å². The van der Waals surface area contributed by atoms with E-state index in [2.05, 4.69) is 4.98 Å². The number of carbonyl (C=O) groups excluding carboxylic acids is 1. The summed E-state index contributed by atoms with van der Waals surface area (Å²) >= 11 is 6.29. The molecule has 1 fully saturated rings. The van der Waals surface area contributed by atoms with E-state index in [1.54, 1.807) is 24.5 Å². The summed E-state index contributed by atoms with van der Waals surface area (Å²) in [7, 11) is 0. The Labute approximate surface area is 163 Å². The zero-order chi connectivity index (χ0) is 18.6. The number of amides is 1. The summed E-state index contributed by atoms with van der Waals surface area (Å²) in [5.41, 5.74) is 3.63. The van der Waals surface area contributed by atoms with Gasteiger partial charge in [0.2, 0.25) is 0 Å². The molecule has 1 aliphatic heterocycles. The minimum absolute atomic E-state index is 0.0110. The molecule has 27 heavy (non-hydrogen) atoms. The van der Waals surface area contributed by atoms with Gasteiger partial charge in [-0.15, -0.1) is 0 Å². The van der Waals surface area contributed by atoms with Crippen LogP contribution in [-0.2, 0) is 6.42 Å². The van der Waals surface area contributed by atoms with Gasteiger partial charge < -0.3 is 4.90 Å². The van der Waals surface area contributed by atoms with E-state index in [-0.39, 0.29) is 11.9 Å². The monoisotopic (exact) mass is 377 g/mol. The summed E-state index contributed by atoms with van der Waals surface area (Å²) in [6.45, 7) is 0.752. The Morgan fingerprint density at radius 3 is 2.70 bits per heavy atom. The van der Waals surface area contributed by atoms with Crippen LogP contribution >= 0.6 is 11.6 Å². The normalized spacial score (nSPS) is 16.5. The van der Waals surface area contributed by atoms with Crippen molar-refractivity contribution in [2.45, 2.75) is 25.3 Å². The van der Waals surface area contributed by atoms with Crippen molar-refractivity contribution in [1.29, 1.82) is 0 Å². The second-order valence-corrected chi connectivity index (χ2v) is 7.12. The van der Waals surface area contributed by atoms with Crippen LogP contribution in [0.2, 0.25) is 5.02 Å². The van der Waals surface area contributed by atoms with Gasteiger partial charge in [-0.2, -0.15) is 0 Å². The van der Waals surface area contributed by atoms with Crippen LogP contribution in [0.15, 0.2) is 67.0 Å². The molecule has 1 aromatic carbocycles. The second kappa shape index (κ2) is 7.89. The molecule has 0 bridgehead atoms. The fourth-order valence-electron chi connectivity index (χ4n) is 3.60. The zero-order valence-electron chi connectivity index (χ0n) is 14.9. The molecule has 1 aliphatic rings. The van der Waals surface area contributed by atoms with Crippen molar-refractivity contribution in [2.75, 3.05) is 6.54 Å². The molecule has 4 rings (SSSR count). The van der Waals surface area contributed by atoms with E-state index in [4.69, 9.17) is 16.6 Å². The highest BCUT2D eigenvalue weighted by molar-refractivity contribution is 6.31. The van der Waals surface area contributed by atoms with Crippen LogP contribution in [0.4, 0.5) is 0 Å². The third kappa shape index (κ3) is 3.86. The van der Waals surface area contributed by atoms with Gasteiger partial charge in [-0.05, 0) is 48.7 Å². The molecule has 0 spiro atoms. The molecule has 0 aliphatic carbocycles. The highest BCUT2D eigenvalue weighted by Gasteiger charge is 2.31. The summed E-state index contributed by atoms with van der Waals surface area (Å²) in [5.74, 6) is 0.0400.